The molecule has 0 saturated carbocycles. The number of nitrogens with one attached hydrogen (secondary N) is 1. The number of anilines is 1. The second-order valence-corrected chi connectivity index (χ2v) is 5.88. The van der Waals surface area contributed by atoms with Crippen LogP contribution in [0.2, 0.25) is 0 Å². The molecule has 1 fully saturated rings. The van der Waals surface area contributed by atoms with Crippen molar-refractivity contribution in [1.82, 2.24) is 15.2 Å². The third kappa shape index (κ3) is 4.07. The van der Waals surface area contributed by atoms with Gasteiger partial charge in [0.15, 0.2) is 0 Å². The Kier molecular flexibility index (Phi) is 4.88. The van der Waals surface area contributed by atoms with E-state index < -0.39 is 0 Å². The molecule has 5 nitrogen and oxygen atoms in total. The Morgan fingerprint density at radius 1 is 1.13 bits per heavy atom. The predicted octanol–water partition coefficient (Wildman–Crippen LogP) is 1.76. The number of nitrogens with zero attached hydrogens (tertiary/aromatic N) is 3. The van der Waals surface area contributed by atoms with E-state index in [4.69, 9.17) is 0 Å². The van der Waals surface area contributed by atoms with Crippen LogP contribution in [0.5, 0.6) is 0 Å². The lowest BCUT2D eigenvalue weighted by molar-refractivity contribution is 0.0950. The number of pyridine rings is 1. The molecule has 0 bridgehead atoms. The van der Waals surface area contributed by atoms with Crippen LogP contribution in [0, 0.1) is 0 Å². The Morgan fingerprint density at radius 2 is 1.87 bits per heavy atom. The first kappa shape index (κ1) is 15.5. The van der Waals surface area contributed by atoms with Gasteiger partial charge in [0, 0.05) is 50.8 Å². The van der Waals surface area contributed by atoms with Crippen molar-refractivity contribution < 1.29 is 4.79 Å². The number of rotatable bonds is 4. The predicted molar refractivity (Wildman–Crippen MR) is 91.6 cm³/mol. The fourth-order valence-electron chi connectivity index (χ4n) is 2.67. The Balaban J connectivity index is 1.54. The monoisotopic (exact) mass is 310 g/mol. The van der Waals surface area contributed by atoms with Gasteiger partial charge in [-0.05, 0) is 36.9 Å². The first-order valence-corrected chi connectivity index (χ1v) is 7.93. The summed E-state index contributed by atoms with van der Waals surface area (Å²) in [7, 11) is 2.16. The number of hydrogen-bond acceptors (Lipinski definition) is 4. The molecule has 23 heavy (non-hydrogen) atoms. The molecule has 2 aromatic rings. The van der Waals surface area contributed by atoms with Crippen LogP contribution in [0.4, 0.5) is 5.69 Å². The van der Waals surface area contributed by atoms with Crippen molar-refractivity contribution in [3.05, 3.63) is 59.9 Å². The smallest absolute Gasteiger partial charge is 0.253 e. The van der Waals surface area contributed by atoms with E-state index in [1.165, 1.54) is 5.69 Å². The molecule has 1 aliphatic heterocycles. The van der Waals surface area contributed by atoms with Crippen LogP contribution >= 0.6 is 0 Å². The standard InChI is InChI=1S/C18H22N4O/c1-21-9-11-22(12-10-21)17-6-4-15(5-7-17)13-20-18(23)16-3-2-8-19-14-16/h2-8,14H,9-13H2,1H3,(H,20,23). The second-order valence-electron chi connectivity index (χ2n) is 5.88. The van der Waals surface area contributed by atoms with Crippen molar-refractivity contribution in [2.24, 2.45) is 0 Å². The van der Waals surface area contributed by atoms with E-state index in [-0.39, 0.29) is 5.91 Å². The van der Waals surface area contributed by atoms with Gasteiger partial charge in [-0.3, -0.25) is 9.78 Å². The second kappa shape index (κ2) is 7.24. The molecule has 1 amide bonds. The van der Waals surface area contributed by atoms with Gasteiger partial charge in [-0.25, -0.2) is 0 Å². The highest BCUT2D eigenvalue weighted by atomic mass is 16.1. The largest absolute Gasteiger partial charge is 0.369 e. The van der Waals surface area contributed by atoms with E-state index in [1.54, 1.807) is 24.5 Å². The molecule has 0 radical (unpaired) electrons. The van der Waals surface area contributed by atoms with E-state index in [9.17, 15) is 4.79 Å². The fourth-order valence-corrected chi connectivity index (χ4v) is 2.67. The highest BCUT2D eigenvalue weighted by molar-refractivity contribution is 5.93. The van der Waals surface area contributed by atoms with E-state index in [1.807, 2.05) is 0 Å². The Morgan fingerprint density at radius 3 is 2.52 bits per heavy atom. The van der Waals surface area contributed by atoms with Gasteiger partial charge in [0.05, 0.1) is 5.56 Å². The molecule has 0 atom stereocenters. The van der Waals surface area contributed by atoms with Gasteiger partial charge >= 0.3 is 0 Å². The summed E-state index contributed by atoms with van der Waals surface area (Å²) in [6, 6.07) is 12.0. The summed E-state index contributed by atoms with van der Waals surface area (Å²) in [5.74, 6) is -0.0961. The van der Waals surface area contributed by atoms with Gasteiger partial charge in [0.25, 0.3) is 5.91 Å². The fraction of sp³-hybridized carbons (Fsp3) is 0.333. The normalized spacial score (nSPS) is 15.4. The molecule has 3 rings (SSSR count). The minimum atomic E-state index is -0.0961. The van der Waals surface area contributed by atoms with Gasteiger partial charge in [-0.15, -0.1) is 0 Å². The summed E-state index contributed by atoms with van der Waals surface area (Å²) in [6.07, 6.45) is 3.24. The van der Waals surface area contributed by atoms with Gasteiger partial charge in [-0.1, -0.05) is 12.1 Å². The van der Waals surface area contributed by atoms with E-state index in [0.29, 0.717) is 12.1 Å². The molecule has 1 N–H and O–H groups in total. The summed E-state index contributed by atoms with van der Waals surface area (Å²) in [5, 5.41) is 2.92. The third-order valence-electron chi connectivity index (χ3n) is 4.18. The zero-order valence-electron chi connectivity index (χ0n) is 13.4. The maximum atomic E-state index is 12.0. The minimum absolute atomic E-state index is 0.0961. The summed E-state index contributed by atoms with van der Waals surface area (Å²) in [6.45, 7) is 4.85. The summed E-state index contributed by atoms with van der Waals surface area (Å²) < 4.78 is 0. The van der Waals surface area contributed by atoms with E-state index in [0.717, 1.165) is 31.7 Å². The van der Waals surface area contributed by atoms with Crippen LogP contribution < -0.4 is 10.2 Å². The molecule has 2 heterocycles. The van der Waals surface area contributed by atoms with Crippen molar-refractivity contribution in [2.75, 3.05) is 38.1 Å². The number of piperazine rings is 1. The number of carbonyl (C=O) groups is 1. The van der Waals surface area contributed by atoms with Crippen molar-refractivity contribution in [1.29, 1.82) is 0 Å². The van der Waals surface area contributed by atoms with Gasteiger partial charge in [0.2, 0.25) is 0 Å². The number of amides is 1. The molecule has 120 valence electrons. The molecular formula is C18H22N4O. The van der Waals surface area contributed by atoms with Crippen LogP contribution in [0.3, 0.4) is 0 Å². The number of hydrogen-bond donors (Lipinski definition) is 1. The van der Waals surface area contributed by atoms with Gasteiger partial charge in [-0.2, -0.15) is 0 Å². The topological polar surface area (TPSA) is 48.5 Å². The van der Waals surface area contributed by atoms with Gasteiger partial charge < -0.3 is 15.1 Å². The third-order valence-corrected chi connectivity index (χ3v) is 4.18. The van der Waals surface area contributed by atoms with Crippen LogP contribution in [-0.4, -0.2) is 49.0 Å². The molecule has 1 aromatic carbocycles. The zero-order valence-corrected chi connectivity index (χ0v) is 13.4. The lowest BCUT2D eigenvalue weighted by Gasteiger charge is -2.34. The lowest BCUT2D eigenvalue weighted by atomic mass is 10.1. The molecular weight excluding hydrogens is 288 g/mol. The molecule has 5 heteroatoms. The van der Waals surface area contributed by atoms with Crippen LogP contribution in [0.15, 0.2) is 48.8 Å². The maximum Gasteiger partial charge on any atom is 0.253 e. The number of likely N-dealkylation sites (N-methyl/N-ethyl adjacent to an activating group) is 1. The minimum Gasteiger partial charge on any atom is -0.369 e. The van der Waals surface area contributed by atoms with Crippen LogP contribution in [0.1, 0.15) is 15.9 Å². The van der Waals surface area contributed by atoms with Crippen molar-refractivity contribution in [3.8, 4) is 0 Å². The molecule has 1 aliphatic rings. The number of aromatic nitrogens is 1. The number of benzene rings is 1. The van der Waals surface area contributed by atoms with E-state index >= 15 is 0 Å². The van der Waals surface area contributed by atoms with Crippen molar-refractivity contribution >= 4 is 11.6 Å². The Bertz CT molecular complexity index is 634. The highest BCUT2D eigenvalue weighted by Crippen LogP contribution is 2.17. The first-order chi connectivity index (χ1) is 11.2. The molecule has 0 unspecified atom stereocenters. The summed E-state index contributed by atoms with van der Waals surface area (Å²) >= 11 is 0. The quantitative estimate of drug-likeness (QED) is 0.935. The average Bonchev–Trinajstić information content (AvgIpc) is 2.61. The summed E-state index contributed by atoms with van der Waals surface area (Å²) in [4.78, 5) is 20.7. The summed E-state index contributed by atoms with van der Waals surface area (Å²) in [5.41, 5.74) is 2.93. The molecule has 1 saturated heterocycles. The van der Waals surface area contributed by atoms with Crippen molar-refractivity contribution in [3.63, 3.8) is 0 Å². The first-order valence-electron chi connectivity index (χ1n) is 7.93. The SMILES string of the molecule is CN1CCN(c2ccc(CNC(=O)c3cccnc3)cc2)CC1. The lowest BCUT2D eigenvalue weighted by Crippen LogP contribution is -2.44. The van der Waals surface area contributed by atoms with E-state index in [2.05, 4.69) is 51.4 Å². The Hall–Kier alpha value is -2.40. The maximum absolute atomic E-state index is 12.0. The van der Waals surface area contributed by atoms with Crippen LogP contribution in [-0.2, 0) is 6.54 Å². The van der Waals surface area contributed by atoms with Crippen LogP contribution in [0.25, 0.3) is 0 Å². The average molecular weight is 310 g/mol. The molecule has 0 aliphatic carbocycles. The zero-order chi connectivity index (χ0) is 16.1. The highest BCUT2D eigenvalue weighted by Gasteiger charge is 2.14. The van der Waals surface area contributed by atoms with Crippen molar-refractivity contribution in [2.45, 2.75) is 6.54 Å². The number of carbonyl (C=O) groups excluding carboxylic acids is 1. The molecule has 1 aromatic heterocycles. The van der Waals surface area contributed by atoms with Gasteiger partial charge in [0.1, 0.15) is 0 Å². The molecule has 0 spiro atoms. The Labute approximate surface area is 136 Å².